The summed E-state index contributed by atoms with van der Waals surface area (Å²) >= 11 is 0. The van der Waals surface area contributed by atoms with Crippen LogP contribution in [0, 0.1) is 0 Å². The van der Waals surface area contributed by atoms with Gasteiger partial charge in [0, 0.05) is 19.5 Å². The lowest BCUT2D eigenvalue weighted by molar-refractivity contribution is -0.167. The molecule has 1 saturated heterocycles. The Morgan fingerprint density at radius 2 is 1.72 bits per heavy atom. The standard InChI is InChI=1S/C39H61N5O10/c1-4-5-6-7-8-9-10-11-12-23-34(47)43(51)24-17-16-21-31(41-38(50)39(3)27-53-35(42-39)29-19-13-14-22-32(29)45)37(49)54-28(2)26-33(46)40-30-20-15-18-25-44(52)36(30)48/h13-14,19,22,28,30-31,45,51-52H,4-12,15-18,20-21,23-27H2,1-3H3,(H,40,46)(H,41,50)/t28-,30+,31-,39+/m1/s1. The minimum absolute atomic E-state index is 0.0491. The number of esters is 1. The number of unbranched alkanes of at least 4 members (excludes halogenated alkanes) is 9. The van der Waals surface area contributed by atoms with E-state index in [9.17, 15) is 39.5 Å². The second-order valence-electron chi connectivity index (χ2n) is 14.6. The fraction of sp³-hybridized carbons (Fsp3) is 0.692. The molecule has 0 aromatic heterocycles. The molecule has 2 aliphatic rings. The number of benzene rings is 1. The van der Waals surface area contributed by atoms with Crippen LogP contribution in [0.5, 0.6) is 5.75 Å². The van der Waals surface area contributed by atoms with E-state index in [0.717, 1.165) is 19.3 Å². The summed E-state index contributed by atoms with van der Waals surface area (Å²) in [6.45, 7) is 5.34. The minimum atomic E-state index is -1.43. The van der Waals surface area contributed by atoms with Crippen LogP contribution in [0.1, 0.15) is 135 Å². The molecule has 54 heavy (non-hydrogen) atoms. The molecule has 1 aromatic rings. The molecule has 4 atom stereocenters. The smallest absolute Gasteiger partial charge is 0.328 e. The molecule has 302 valence electrons. The Balaban J connectivity index is 1.55. The van der Waals surface area contributed by atoms with Crippen molar-refractivity contribution in [2.24, 2.45) is 4.99 Å². The van der Waals surface area contributed by atoms with E-state index < -0.39 is 47.4 Å². The van der Waals surface area contributed by atoms with Crippen LogP contribution in [-0.2, 0) is 33.4 Å². The SMILES string of the molecule is CCCCCCCCCCCC(=O)N(O)CCCC[C@@H](NC(=O)[C@]1(C)COC(c2ccccc2O)=N1)C(=O)O[C@H](C)CC(=O)N[C@H]1CCCCN(O)C1=O. The van der Waals surface area contributed by atoms with Crippen molar-refractivity contribution >= 4 is 35.5 Å². The average Bonchev–Trinajstić information content (AvgIpc) is 3.48. The van der Waals surface area contributed by atoms with Gasteiger partial charge in [-0.25, -0.2) is 19.9 Å². The van der Waals surface area contributed by atoms with E-state index in [-0.39, 0.29) is 56.5 Å². The number of phenols is 1. The summed E-state index contributed by atoms with van der Waals surface area (Å²) in [5, 5.41) is 37.1. The van der Waals surface area contributed by atoms with Gasteiger partial charge in [0.2, 0.25) is 17.7 Å². The zero-order valence-corrected chi connectivity index (χ0v) is 32.2. The number of hydrogen-bond acceptors (Lipinski definition) is 11. The predicted molar refractivity (Wildman–Crippen MR) is 200 cm³/mol. The monoisotopic (exact) mass is 759 g/mol. The molecule has 0 bridgehead atoms. The molecule has 0 unspecified atom stereocenters. The fourth-order valence-corrected chi connectivity index (χ4v) is 6.41. The van der Waals surface area contributed by atoms with Gasteiger partial charge in [-0.3, -0.25) is 29.6 Å². The van der Waals surface area contributed by atoms with Crippen molar-refractivity contribution in [3.63, 3.8) is 0 Å². The van der Waals surface area contributed by atoms with Crippen LogP contribution in [-0.4, -0.2) is 105 Å². The van der Waals surface area contributed by atoms with Crippen LogP contribution in [0.2, 0.25) is 0 Å². The molecule has 0 aliphatic carbocycles. The Kier molecular flexibility index (Phi) is 18.7. The Bertz CT molecular complexity index is 1420. The highest BCUT2D eigenvalue weighted by atomic mass is 16.5. The van der Waals surface area contributed by atoms with Gasteiger partial charge < -0.3 is 25.2 Å². The molecule has 4 amide bonds. The molecule has 15 heteroatoms. The number of rotatable bonds is 23. The molecule has 1 fully saturated rings. The second-order valence-corrected chi connectivity index (χ2v) is 14.6. The maximum atomic E-state index is 13.6. The zero-order valence-electron chi connectivity index (χ0n) is 32.2. The van der Waals surface area contributed by atoms with Gasteiger partial charge in [-0.1, -0.05) is 70.4 Å². The molecular weight excluding hydrogens is 698 g/mol. The molecule has 15 nitrogen and oxygen atoms in total. The van der Waals surface area contributed by atoms with E-state index in [1.807, 2.05) is 0 Å². The van der Waals surface area contributed by atoms with Crippen molar-refractivity contribution in [2.75, 3.05) is 19.7 Å². The number of aromatic hydroxyl groups is 1. The lowest BCUT2D eigenvalue weighted by atomic mass is 10.0. The highest BCUT2D eigenvalue weighted by Gasteiger charge is 2.42. The first-order chi connectivity index (χ1) is 25.8. The number of carbonyl (C=O) groups is 5. The number of nitrogens with zero attached hydrogens (tertiary/aromatic N) is 3. The van der Waals surface area contributed by atoms with E-state index >= 15 is 0 Å². The number of para-hydroxylation sites is 1. The van der Waals surface area contributed by atoms with E-state index in [0.29, 0.717) is 54.2 Å². The van der Waals surface area contributed by atoms with Gasteiger partial charge in [0.05, 0.1) is 12.0 Å². The summed E-state index contributed by atoms with van der Waals surface area (Å²) in [6.07, 6.45) is 11.5. The van der Waals surface area contributed by atoms with Crippen LogP contribution in [0.25, 0.3) is 0 Å². The van der Waals surface area contributed by atoms with Crippen molar-refractivity contribution in [3.05, 3.63) is 29.8 Å². The van der Waals surface area contributed by atoms with Gasteiger partial charge in [-0.15, -0.1) is 0 Å². The van der Waals surface area contributed by atoms with Gasteiger partial charge in [0.25, 0.3) is 11.8 Å². The van der Waals surface area contributed by atoms with Crippen LogP contribution in [0.4, 0.5) is 0 Å². The molecule has 2 aliphatic heterocycles. The number of hydrogen-bond donors (Lipinski definition) is 5. The minimum Gasteiger partial charge on any atom is -0.507 e. The molecule has 0 radical (unpaired) electrons. The fourth-order valence-electron chi connectivity index (χ4n) is 6.41. The average molecular weight is 760 g/mol. The maximum Gasteiger partial charge on any atom is 0.328 e. The molecule has 0 spiro atoms. The third-order valence-electron chi connectivity index (χ3n) is 9.74. The summed E-state index contributed by atoms with van der Waals surface area (Å²) in [4.78, 5) is 69.1. The predicted octanol–water partition coefficient (Wildman–Crippen LogP) is 4.93. The number of aliphatic imine (C=N–C) groups is 1. The number of hydroxylamine groups is 4. The lowest BCUT2D eigenvalue weighted by Gasteiger charge is -2.25. The van der Waals surface area contributed by atoms with Gasteiger partial charge >= 0.3 is 5.97 Å². The van der Waals surface area contributed by atoms with Crippen LogP contribution in [0.15, 0.2) is 29.3 Å². The molecule has 2 heterocycles. The summed E-state index contributed by atoms with van der Waals surface area (Å²) < 4.78 is 11.3. The Labute approximate surface area is 318 Å². The first kappa shape index (κ1) is 44.2. The van der Waals surface area contributed by atoms with Gasteiger partial charge in [-0.2, -0.15) is 0 Å². The van der Waals surface area contributed by atoms with Gasteiger partial charge in [-0.05, 0) is 70.9 Å². The van der Waals surface area contributed by atoms with Gasteiger partial charge in [0.1, 0.15) is 30.5 Å². The highest BCUT2D eigenvalue weighted by Crippen LogP contribution is 2.26. The third kappa shape index (κ3) is 14.5. The summed E-state index contributed by atoms with van der Waals surface area (Å²) in [7, 11) is 0. The molecular formula is C39H61N5O10. The van der Waals surface area contributed by atoms with E-state index in [1.165, 1.54) is 52.0 Å². The number of carbonyl (C=O) groups excluding carboxylic acids is 5. The number of ether oxygens (including phenoxy) is 2. The molecule has 5 N–H and O–H groups in total. The Morgan fingerprint density at radius 1 is 1.04 bits per heavy atom. The molecule has 3 rings (SSSR count). The summed E-state index contributed by atoms with van der Waals surface area (Å²) in [5.74, 6) is -2.91. The van der Waals surface area contributed by atoms with E-state index in [1.54, 1.807) is 18.2 Å². The van der Waals surface area contributed by atoms with Crippen molar-refractivity contribution in [3.8, 4) is 5.75 Å². The summed E-state index contributed by atoms with van der Waals surface area (Å²) in [6, 6.07) is 4.36. The Hall–Kier alpha value is -4.24. The topological polar surface area (TPSA) is 207 Å². The number of amides is 4. The van der Waals surface area contributed by atoms with Crippen molar-refractivity contribution in [1.82, 2.24) is 20.8 Å². The first-order valence-electron chi connectivity index (χ1n) is 19.7. The van der Waals surface area contributed by atoms with Crippen LogP contribution >= 0.6 is 0 Å². The first-order valence-corrected chi connectivity index (χ1v) is 19.7. The van der Waals surface area contributed by atoms with Gasteiger partial charge in [0.15, 0.2) is 5.54 Å². The number of phenolic OH excluding ortho intramolecular Hbond substituents is 1. The summed E-state index contributed by atoms with van der Waals surface area (Å²) in [5.41, 5.74) is -1.12. The van der Waals surface area contributed by atoms with E-state index in [2.05, 4.69) is 22.5 Å². The van der Waals surface area contributed by atoms with Crippen molar-refractivity contribution in [1.29, 1.82) is 0 Å². The quantitative estimate of drug-likeness (QED) is 0.0440. The molecule has 1 aromatic carbocycles. The number of nitrogens with one attached hydrogen (secondary N) is 2. The van der Waals surface area contributed by atoms with Crippen molar-refractivity contribution in [2.45, 2.75) is 154 Å². The van der Waals surface area contributed by atoms with Crippen molar-refractivity contribution < 1.29 is 49.0 Å². The lowest BCUT2D eigenvalue weighted by Crippen LogP contribution is -2.52. The van der Waals surface area contributed by atoms with Crippen LogP contribution < -0.4 is 10.6 Å². The highest BCUT2D eigenvalue weighted by molar-refractivity contribution is 6.02. The van der Waals surface area contributed by atoms with Crippen LogP contribution in [0.3, 0.4) is 0 Å². The largest absolute Gasteiger partial charge is 0.507 e. The normalized spacial score (nSPS) is 19.6. The maximum absolute atomic E-state index is 13.6. The second kappa shape index (κ2) is 22.9. The molecule has 0 saturated carbocycles. The third-order valence-corrected chi connectivity index (χ3v) is 9.74. The zero-order chi connectivity index (χ0) is 39.5. The van der Waals surface area contributed by atoms with E-state index in [4.69, 9.17) is 9.47 Å². The Morgan fingerprint density at radius 3 is 2.43 bits per heavy atom.